The van der Waals surface area contributed by atoms with Crippen molar-refractivity contribution in [2.45, 2.75) is 156 Å². The van der Waals surface area contributed by atoms with Crippen LogP contribution in [0.25, 0.3) is 120 Å². The van der Waals surface area contributed by atoms with E-state index < -0.39 is 14.0 Å². The molecule has 8 heterocycles. The van der Waals surface area contributed by atoms with Gasteiger partial charge in [-0.25, -0.2) is 0 Å². The quantitative estimate of drug-likeness (QED) is 0.0894. The molecule has 12 aromatic carbocycles. The van der Waals surface area contributed by atoms with E-state index in [9.17, 15) is 0 Å². The summed E-state index contributed by atoms with van der Waals surface area (Å²) in [6.07, 6.45) is 7.76. The van der Waals surface area contributed by atoms with Gasteiger partial charge in [-0.15, -0.1) is 0 Å². The van der Waals surface area contributed by atoms with Gasteiger partial charge < -0.3 is 37.2 Å². The van der Waals surface area contributed by atoms with Gasteiger partial charge in [0.05, 0.1) is 66.9 Å². The van der Waals surface area contributed by atoms with Crippen molar-refractivity contribution in [1.82, 2.24) is 19.9 Å². The minimum absolute atomic E-state index is 0.330. The smallest absolute Gasteiger partial charge is 0.405 e. The highest BCUT2D eigenvalue weighted by atomic mass is 127. The third kappa shape index (κ3) is 18.5. The molecule has 20 rings (SSSR count). The van der Waals surface area contributed by atoms with Gasteiger partial charge in [0.25, 0.3) is 0 Å². The molecular formula is C100H96B4Br3IN4O8. The first kappa shape index (κ1) is 86.4. The van der Waals surface area contributed by atoms with Gasteiger partial charge in [0, 0.05) is 84.9 Å². The molecule has 604 valence electrons. The molecule has 120 heavy (non-hydrogen) atoms. The van der Waals surface area contributed by atoms with Gasteiger partial charge in [0.15, 0.2) is 0 Å². The number of fused-ring (bicyclic) bond motifs is 12. The van der Waals surface area contributed by atoms with E-state index in [2.05, 4.69) is 376 Å². The van der Waals surface area contributed by atoms with E-state index >= 15 is 0 Å². The Bertz CT molecular complexity index is 6160. The predicted molar refractivity (Wildman–Crippen MR) is 519 cm³/mol. The zero-order chi connectivity index (χ0) is 84.9. The number of hydrogen-bond donors (Lipinski definition) is 0. The Kier molecular flexibility index (Phi) is 24.9. The number of nitrogens with zero attached hydrogens (tertiary/aromatic N) is 4. The highest BCUT2D eigenvalue weighted by Crippen LogP contribution is 2.45. The normalized spacial score (nSPS) is 17.4. The molecular weight excluding hydrogens is 1790 g/mol. The largest absolute Gasteiger partial charge is 0.494 e. The van der Waals surface area contributed by atoms with Crippen LogP contribution in [0, 0.1) is 3.57 Å². The number of aromatic nitrogens is 4. The molecule has 0 bridgehead atoms. The maximum atomic E-state index is 6.16. The molecule has 16 aromatic rings. The van der Waals surface area contributed by atoms with Crippen molar-refractivity contribution in [3.8, 4) is 33.4 Å². The number of hydrogen-bond acceptors (Lipinski definition) is 12. The lowest BCUT2D eigenvalue weighted by molar-refractivity contribution is 0.00578. The fourth-order valence-corrected chi connectivity index (χ4v) is 15.8. The third-order valence-electron chi connectivity index (χ3n) is 24.6. The van der Waals surface area contributed by atoms with Gasteiger partial charge in [-0.1, -0.05) is 242 Å². The van der Waals surface area contributed by atoms with E-state index in [4.69, 9.17) is 37.2 Å². The van der Waals surface area contributed by atoms with E-state index in [-0.39, 0.29) is 59.0 Å². The lowest BCUT2D eigenvalue weighted by atomic mass is 9.49. The number of rotatable bonds is 6. The van der Waals surface area contributed by atoms with Gasteiger partial charge >= 0.3 is 28.3 Å². The molecule has 4 saturated heterocycles. The van der Waals surface area contributed by atoms with Crippen LogP contribution in [0.15, 0.2) is 305 Å². The zero-order valence-electron chi connectivity index (χ0n) is 70.6. The van der Waals surface area contributed by atoms with Gasteiger partial charge in [0.2, 0.25) is 0 Å². The molecule has 0 unspecified atom stereocenters. The molecule has 0 atom stereocenters. The van der Waals surface area contributed by atoms with Crippen LogP contribution in [-0.4, -0.2) is 93.0 Å². The summed E-state index contributed by atoms with van der Waals surface area (Å²) in [5.41, 5.74) is 10.4. The Hall–Kier alpha value is -8.57. The lowest BCUT2D eigenvalue weighted by Crippen LogP contribution is -2.41. The molecule has 0 radical (unpaired) electrons. The van der Waals surface area contributed by atoms with Crippen molar-refractivity contribution in [2.75, 3.05) is 0 Å². The molecule has 0 saturated carbocycles. The average Bonchev–Trinajstić information content (AvgIpc) is 1.58. The SMILES string of the molecule is Brc1ccc(-c2ccc3c(c2)ncc2ccccc23)cc1.Brc1ccc(-c2ccc3c(c2)ncc2ccccc23)cc1.Brc1ccc(I)cc1.CC1(C)OB(B2OC(C)(C)C(C)(C)O2)OC1(C)C.CC1(C)OB(c2ccc(-c3ccc4c(c3)ncc3ccccc34)cc2)OC1(C)C.CC1(C)OB(c2ccc3c(c2)ncc2ccccc23)OC1(C)C. The van der Waals surface area contributed by atoms with E-state index in [0.29, 0.717) is 0 Å². The molecule has 4 aliphatic heterocycles. The number of benzene rings is 12. The fraction of sp³-hybridized carbons (Fsp3) is 0.240. The molecule has 4 fully saturated rings. The topological polar surface area (TPSA) is 125 Å². The maximum absolute atomic E-state index is 6.16. The summed E-state index contributed by atoms with van der Waals surface area (Å²) >= 11 is 12.6. The molecule has 0 spiro atoms. The Labute approximate surface area is 744 Å². The third-order valence-corrected chi connectivity index (χ3v) is 26.9. The molecule has 0 N–H and O–H groups in total. The lowest BCUT2D eigenvalue weighted by Gasteiger charge is -2.32. The van der Waals surface area contributed by atoms with Crippen LogP contribution in [0.5, 0.6) is 0 Å². The van der Waals surface area contributed by atoms with Gasteiger partial charge in [-0.05, 0) is 272 Å². The first-order valence-electron chi connectivity index (χ1n) is 40.6. The van der Waals surface area contributed by atoms with Crippen LogP contribution in [0.1, 0.15) is 111 Å². The minimum atomic E-state index is -0.476. The second kappa shape index (κ2) is 34.6. The van der Waals surface area contributed by atoms with Gasteiger partial charge in [-0.2, -0.15) is 0 Å². The van der Waals surface area contributed by atoms with E-state index in [1.807, 2.05) is 117 Å². The first-order chi connectivity index (χ1) is 57.0. The van der Waals surface area contributed by atoms with Crippen LogP contribution in [0.3, 0.4) is 0 Å². The van der Waals surface area contributed by atoms with Crippen LogP contribution in [0.2, 0.25) is 0 Å². The molecule has 20 heteroatoms. The molecule has 0 amide bonds. The minimum Gasteiger partial charge on any atom is -0.405 e. The Morgan fingerprint density at radius 1 is 0.233 bits per heavy atom. The van der Waals surface area contributed by atoms with Crippen molar-refractivity contribution < 1.29 is 37.2 Å². The van der Waals surface area contributed by atoms with Crippen LogP contribution in [0.4, 0.5) is 0 Å². The Morgan fingerprint density at radius 2 is 0.458 bits per heavy atom. The molecule has 4 aliphatic rings. The van der Waals surface area contributed by atoms with Crippen LogP contribution >= 0.6 is 70.4 Å². The van der Waals surface area contributed by atoms with Gasteiger partial charge in [0.1, 0.15) is 0 Å². The molecule has 4 aromatic heterocycles. The van der Waals surface area contributed by atoms with E-state index in [1.165, 1.54) is 79.7 Å². The van der Waals surface area contributed by atoms with Crippen molar-refractivity contribution in [3.63, 3.8) is 0 Å². The summed E-state index contributed by atoms with van der Waals surface area (Å²) in [5, 5.41) is 14.4. The number of halogens is 4. The summed E-state index contributed by atoms with van der Waals surface area (Å²) in [7, 11) is -1.64. The van der Waals surface area contributed by atoms with Crippen molar-refractivity contribution in [2.24, 2.45) is 0 Å². The monoisotopic (exact) mass is 1890 g/mol. The standard InChI is InChI=1S/C25H24BNO2.C19H20BNO2.2C19H12BrN.C12H24B2O4.C6H4BrI/c1-24(2)25(3,4)29-26(28-24)20-12-9-17(10-13-20)18-11-14-22-21-8-6-5-7-19(21)16-27-23(22)15-18;1-18(2)19(3,4)23-20(22-18)14-9-10-16-15-8-6-5-7-13(15)12-21-17(16)11-14;2*20-16-8-5-13(6-9-16)14-7-10-18-17-4-2-1-3-15(17)12-21-19(18)11-14;1-9(2)10(3,4)16-13(15-9)14-17-11(5,6)12(7,8)18-14;7-5-1-3-6(8)4-2-5/h5-16H,1-4H3;5-12H,1-4H3;2*1-12H;1-8H3;1-4H. The van der Waals surface area contributed by atoms with Gasteiger partial charge in [-0.3, -0.25) is 19.9 Å². The van der Waals surface area contributed by atoms with E-state index in [0.717, 1.165) is 68.3 Å². The zero-order valence-corrected chi connectivity index (χ0v) is 77.5. The maximum Gasteiger partial charge on any atom is 0.494 e. The Balaban J connectivity index is 0.000000115. The second-order valence-electron chi connectivity index (χ2n) is 34.9. The highest BCUT2D eigenvalue weighted by Gasteiger charge is 2.64. The van der Waals surface area contributed by atoms with Crippen LogP contribution < -0.4 is 10.9 Å². The highest BCUT2D eigenvalue weighted by molar-refractivity contribution is 14.1. The second-order valence-corrected chi connectivity index (χ2v) is 38.8. The summed E-state index contributed by atoms with van der Waals surface area (Å²) < 4.78 is 53.0. The average molecular weight is 1890 g/mol. The summed E-state index contributed by atoms with van der Waals surface area (Å²) in [5.74, 6) is 0. The molecule has 12 nitrogen and oxygen atoms in total. The van der Waals surface area contributed by atoms with E-state index in [1.54, 1.807) is 0 Å². The fourth-order valence-electron chi connectivity index (χ4n) is 14.6. The summed E-state index contributed by atoms with van der Waals surface area (Å²) in [6.45, 7) is 32.8. The molecule has 0 aliphatic carbocycles. The van der Waals surface area contributed by atoms with Crippen molar-refractivity contribution in [3.05, 3.63) is 309 Å². The Morgan fingerprint density at radius 3 is 0.750 bits per heavy atom. The van der Waals surface area contributed by atoms with Crippen LogP contribution in [-0.2, 0) is 37.2 Å². The van der Waals surface area contributed by atoms with Crippen molar-refractivity contribution in [1.29, 1.82) is 0 Å². The first-order valence-corrected chi connectivity index (χ1v) is 44.0. The van der Waals surface area contributed by atoms with Crippen molar-refractivity contribution >= 4 is 196 Å². The summed E-state index contributed by atoms with van der Waals surface area (Å²) in [4.78, 5) is 18.5. The predicted octanol–water partition coefficient (Wildman–Crippen LogP) is 26.0. The number of pyridine rings is 4. The summed E-state index contributed by atoms with van der Waals surface area (Å²) in [6, 6.07) is 92.5.